The van der Waals surface area contributed by atoms with Crippen LogP contribution in [0.1, 0.15) is 25.0 Å². The topological polar surface area (TPSA) is 66.3 Å². The highest BCUT2D eigenvalue weighted by Gasteiger charge is 2.16. The molecule has 2 aromatic carbocycles. The Labute approximate surface area is 200 Å². The molecule has 1 N–H and O–H groups in total. The Morgan fingerprint density at radius 2 is 1.73 bits per heavy atom. The number of hydrogen-bond acceptors (Lipinski definition) is 6. The molecule has 7 nitrogen and oxygen atoms in total. The van der Waals surface area contributed by atoms with Crippen LogP contribution in [-0.2, 0) is 17.8 Å². The van der Waals surface area contributed by atoms with Crippen LogP contribution in [0.4, 0.5) is 5.69 Å². The molecular weight excluding hydrogens is 432 g/mol. The standard InChI is InChI=1S/C25H32N6OS/c1-3-21-7-5-6-8-23(21)31-19-26-28-25(31)33-18-24(32)27-22-11-9-20(10-12-22)17-30-15-13-29(4-2)14-16-30/h5-12,19H,3-4,13-18H2,1-2H3,(H,27,32). The number of carbonyl (C=O) groups excluding carboxylic acids is 1. The summed E-state index contributed by atoms with van der Waals surface area (Å²) in [6.45, 7) is 10.9. The fourth-order valence-corrected chi connectivity index (χ4v) is 4.80. The summed E-state index contributed by atoms with van der Waals surface area (Å²) in [6.07, 6.45) is 2.62. The number of benzene rings is 2. The predicted molar refractivity (Wildman–Crippen MR) is 134 cm³/mol. The lowest BCUT2D eigenvalue weighted by Gasteiger charge is -2.34. The van der Waals surface area contributed by atoms with E-state index >= 15 is 0 Å². The number of likely N-dealkylation sites (N-methyl/N-ethyl adjacent to an activating group) is 1. The van der Waals surface area contributed by atoms with E-state index in [1.54, 1.807) is 6.33 Å². The molecule has 0 aliphatic carbocycles. The number of thioether (sulfide) groups is 1. The van der Waals surface area contributed by atoms with E-state index < -0.39 is 0 Å². The summed E-state index contributed by atoms with van der Waals surface area (Å²) in [5.41, 5.74) is 4.36. The van der Waals surface area contributed by atoms with Crippen molar-refractivity contribution in [3.8, 4) is 5.69 Å². The maximum absolute atomic E-state index is 12.5. The molecule has 1 aliphatic heterocycles. The first kappa shape index (κ1) is 23.5. The van der Waals surface area contributed by atoms with Crippen LogP contribution < -0.4 is 5.32 Å². The van der Waals surface area contributed by atoms with Crippen LogP contribution in [0.5, 0.6) is 0 Å². The van der Waals surface area contributed by atoms with Crippen LogP contribution in [0.15, 0.2) is 60.0 Å². The van der Waals surface area contributed by atoms with Crippen molar-refractivity contribution in [2.75, 3.05) is 43.8 Å². The number of rotatable bonds is 9. The lowest BCUT2D eigenvalue weighted by atomic mass is 10.1. The molecule has 1 aliphatic rings. The molecule has 33 heavy (non-hydrogen) atoms. The number of anilines is 1. The minimum Gasteiger partial charge on any atom is -0.325 e. The number of para-hydroxylation sites is 1. The van der Waals surface area contributed by atoms with Crippen molar-refractivity contribution in [3.05, 3.63) is 66.0 Å². The monoisotopic (exact) mass is 464 g/mol. The molecule has 1 saturated heterocycles. The van der Waals surface area contributed by atoms with Gasteiger partial charge < -0.3 is 10.2 Å². The van der Waals surface area contributed by atoms with Crippen molar-refractivity contribution in [3.63, 3.8) is 0 Å². The fraction of sp³-hybridized carbons (Fsp3) is 0.400. The molecule has 0 radical (unpaired) electrons. The lowest BCUT2D eigenvalue weighted by molar-refractivity contribution is -0.113. The summed E-state index contributed by atoms with van der Waals surface area (Å²) >= 11 is 1.39. The second-order valence-electron chi connectivity index (χ2n) is 8.21. The van der Waals surface area contributed by atoms with Gasteiger partial charge in [0.25, 0.3) is 0 Å². The quantitative estimate of drug-likeness (QED) is 0.487. The van der Waals surface area contributed by atoms with E-state index in [1.165, 1.54) is 22.9 Å². The Balaban J connectivity index is 1.28. The zero-order valence-electron chi connectivity index (χ0n) is 19.4. The largest absolute Gasteiger partial charge is 0.325 e. The van der Waals surface area contributed by atoms with E-state index in [2.05, 4.69) is 63.4 Å². The third-order valence-corrected chi connectivity index (χ3v) is 6.98. The number of amides is 1. The Hall–Kier alpha value is -2.68. The number of piperazine rings is 1. The SMILES string of the molecule is CCc1ccccc1-n1cnnc1SCC(=O)Nc1ccc(CN2CCN(CC)CC2)cc1. The summed E-state index contributed by atoms with van der Waals surface area (Å²) in [6, 6.07) is 16.4. The number of nitrogens with one attached hydrogen (secondary N) is 1. The highest BCUT2D eigenvalue weighted by Crippen LogP contribution is 2.23. The molecular formula is C25H32N6OS. The molecule has 3 aromatic rings. The first-order chi connectivity index (χ1) is 16.2. The van der Waals surface area contributed by atoms with Crippen LogP contribution in [0.3, 0.4) is 0 Å². The summed E-state index contributed by atoms with van der Waals surface area (Å²) in [5.74, 6) is 0.220. The van der Waals surface area contributed by atoms with Gasteiger partial charge in [-0.1, -0.05) is 55.9 Å². The molecule has 0 atom stereocenters. The van der Waals surface area contributed by atoms with E-state index in [1.807, 2.05) is 28.8 Å². The summed E-state index contributed by atoms with van der Waals surface area (Å²) in [5, 5.41) is 12.0. The summed E-state index contributed by atoms with van der Waals surface area (Å²) < 4.78 is 1.95. The Morgan fingerprint density at radius 3 is 2.45 bits per heavy atom. The zero-order valence-corrected chi connectivity index (χ0v) is 20.2. The Kier molecular flexibility index (Phi) is 8.15. The van der Waals surface area contributed by atoms with Gasteiger partial charge in [-0.2, -0.15) is 0 Å². The van der Waals surface area contributed by atoms with Crippen molar-refractivity contribution in [1.29, 1.82) is 0 Å². The number of hydrogen-bond donors (Lipinski definition) is 1. The van der Waals surface area contributed by atoms with E-state index in [9.17, 15) is 4.79 Å². The van der Waals surface area contributed by atoms with Gasteiger partial charge in [0.2, 0.25) is 5.91 Å². The summed E-state index contributed by atoms with van der Waals surface area (Å²) in [4.78, 5) is 17.5. The average molecular weight is 465 g/mol. The minimum atomic E-state index is -0.0539. The molecule has 1 amide bonds. The van der Waals surface area contributed by atoms with E-state index in [4.69, 9.17) is 0 Å². The van der Waals surface area contributed by atoms with Crippen molar-refractivity contribution >= 4 is 23.4 Å². The van der Waals surface area contributed by atoms with Gasteiger partial charge in [-0.15, -0.1) is 10.2 Å². The van der Waals surface area contributed by atoms with Crippen LogP contribution in [0.25, 0.3) is 5.69 Å². The van der Waals surface area contributed by atoms with Crippen LogP contribution in [0.2, 0.25) is 0 Å². The van der Waals surface area contributed by atoms with Gasteiger partial charge in [-0.3, -0.25) is 14.3 Å². The zero-order chi connectivity index (χ0) is 23.0. The number of aryl methyl sites for hydroxylation is 1. The average Bonchev–Trinajstić information content (AvgIpc) is 3.33. The second kappa shape index (κ2) is 11.4. The van der Waals surface area contributed by atoms with Gasteiger partial charge in [-0.25, -0.2) is 0 Å². The van der Waals surface area contributed by atoms with Crippen LogP contribution in [0, 0.1) is 0 Å². The Morgan fingerprint density at radius 1 is 1.00 bits per heavy atom. The second-order valence-corrected chi connectivity index (χ2v) is 9.15. The molecule has 4 rings (SSSR count). The number of carbonyl (C=O) groups is 1. The van der Waals surface area contributed by atoms with E-state index in [-0.39, 0.29) is 11.7 Å². The summed E-state index contributed by atoms with van der Waals surface area (Å²) in [7, 11) is 0. The van der Waals surface area contributed by atoms with Crippen LogP contribution >= 0.6 is 11.8 Å². The highest BCUT2D eigenvalue weighted by molar-refractivity contribution is 7.99. The third-order valence-electron chi connectivity index (χ3n) is 6.04. The molecule has 2 heterocycles. The van der Waals surface area contributed by atoms with E-state index in [0.29, 0.717) is 5.16 Å². The molecule has 8 heteroatoms. The van der Waals surface area contributed by atoms with Gasteiger partial charge in [0.05, 0.1) is 11.4 Å². The van der Waals surface area contributed by atoms with Crippen molar-refractivity contribution in [2.45, 2.75) is 32.0 Å². The van der Waals surface area contributed by atoms with E-state index in [0.717, 1.165) is 57.1 Å². The first-order valence-corrected chi connectivity index (χ1v) is 12.6. The molecule has 1 fully saturated rings. The van der Waals surface area contributed by atoms with Gasteiger partial charge in [0.1, 0.15) is 6.33 Å². The maximum Gasteiger partial charge on any atom is 0.234 e. The van der Waals surface area contributed by atoms with Gasteiger partial charge in [0.15, 0.2) is 5.16 Å². The van der Waals surface area contributed by atoms with Gasteiger partial charge in [0, 0.05) is 38.4 Å². The Bertz CT molecular complexity index is 1040. The highest BCUT2D eigenvalue weighted by atomic mass is 32.2. The van der Waals surface area contributed by atoms with Crippen molar-refractivity contribution in [2.24, 2.45) is 0 Å². The molecule has 0 spiro atoms. The van der Waals surface area contributed by atoms with Crippen molar-refractivity contribution < 1.29 is 4.79 Å². The lowest BCUT2D eigenvalue weighted by Crippen LogP contribution is -2.45. The van der Waals surface area contributed by atoms with Crippen LogP contribution in [-0.4, -0.2) is 68.9 Å². The molecule has 174 valence electrons. The third kappa shape index (κ3) is 6.22. The first-order valence-electron chi connectivity index (χ1n) is 11.6. The van der Waals surface area contributed by atoms with Gasteiger partial charge >= 0.3 is 0 Å². The van der Waals surface area contributed by atoms with Crippen molar-refractivity contribution in [1.82, 2.24) is 24.6 Å². The molecule has 0 saturated carbocycles. The molecule has 1 aromatic heterocycles. The molecule has 0 unspecified atom stereocenters. The smallest absolute Gasteiger partial charge is 0.234 e. The molecule has 0 bridgehead atoms. The van der Waals surface area contributed by atoms with Gasteiger partial charge in [-0.05, 0) is 42.3 Å². The normalized spacial score (nSPS) is 15.0. The number of nitrogens with zero attached hydrogens (tertiary/aromatic N) is 5. The minimum absolute atomic E-state index is 0.0539. The number of aromatic nitrogens is 3. The predicted octanol–water partition coefficient (Wildman–Crippen LogP) is 3.70. The maximum atomic E-state index is 12.5. The fourth-order valence-electron chi connectivity index (χ4n) is 4.08.